The van der Waals surface area contributed by atoms with Gasteiger partial charge in [-0.3, -0.25) is 4.98 Å². The summed E-state index contributed by atoms with van der Waals surface area (Å²) >= 11 is 0. The van der Waals surface area contributed by atoms with Gasteiger partial charge in [-0.25, -0.2) is 14.4 Å². The van der Waals surface area contributed by atoms with Gasteiger partial charge in [0.2, 0.25) is 0 Å². The number of aromatic nitrogens is 3. The first kappa shape index (κ1) is 21.7. The lowest BCUT2D eigenvalue weighted by Crippen LogP contribution is -2.38. The standard InChI is InChI=1S/C22H25FN6O.H2S/c23-17-12-15(3-4-20(17)29-8-10-30-11-9-29)18-13-19-21(26-7-6-25-19)22(28-18)27-16-2-1-5-24-14-16;/h3-4,6-7,12-13,16,24H,1-2,5,8-11,14H2,(H,27,28);1H2/t16-;/m0./s1. The molecular formula is C22H27FN6OS. The van der Waals surface area contributed by atoms with E-state index in [0.29, 0.717) is 43.5 Å². The Morgan fingerprint density at radius 1 is 1.13 bits per heavy atom. The van der Waals surface area contributed by atoms with Crippen molar-refractivity contribution >= 4 is 36.0 Å². The van der Waals surface area contributed by atoms with Crippen molar-refractivity contribution in [2.75, 3.05) is 49.6 Å². The lowest BCUT2D eigenvalue weighted by Gasteiger charge is -2.29. The highest BCUT2D eigenvalue weighted by molar-refractivity contribution is 7.59. The van der Waals surface area contributed by atoms with E-state index in [0.717, 1.165) is 42.5 Å². The molecule has 0 saturated carbocycles. The summed E-state index contributed by atoms with van der Waals surface area (Å²) in [7, 11) is 0. The summed E-state index contributed by atoms with van der Waals surface area (Å²) < 4.78 is 20.3. The molecule has 7 nitrogen and oxygen atoms in total. The topological polar surface area (TPSA) is 75.2 Å². The van der Waals surface area contributed by atoms with E-state index in [-0.39, 0.29) is 25.4 Å². The largest absolute Gasteiger partial charge is 0.378 e. The van der Waals surface area contributed by atoms with E-state index in [1.165, 1.54) is 0 Å². The van der Waals surface area contributed by atoms with Crippen molar-refractivity contribution in [1.29, 1.82) is 0 Å². The van der Waals surface area contributed by atoms with E-state index in [1.54, 1.807) is 18.5 Å². The third-order valence-corrected chi connectivity index (χ3v) is 5.69. The van der Waals surface area contributed by atoms with Gasteiger partial charge in [-0.1, -0.05) is 6.07 Å². The van der Waals surface area contributed by atoms with Crippen molar-refractivity contribution < 1.29 is 9.13 Å². The maximum atomic E-state index is 14.9. The van der Waals surface area contributed by atoms with Gasteiger partial charge in [0.25, 0.3) is 0 Å². The summed E-state index contributed by atoms with van der Waals surface area (Å²) in [5, 5.41) is 6.92. The average Bonchev–Trinajstić information content (AvgIpc) is 2.80. The van der Waals surface area contributed by atoms with Gasteiger partial charge in [0.1, 0.15) is 11.3 Å². The second-order valence-electron chi connectivity index (χ2n) is 7.73. The van der Waals surface area contributed by atoms with Crippen molar-refractivity contribution in [3.8, 4) is 11.3 Å². The Bertz CT molecular complexity index is 1040. The normalized spacial score (nSPS) is 19.1. The molecule has 2 saturated heterocycles. The van der Waals surface area contributed by atoms with Gasteiger partial charge in [0, 0.05) is 43.6 Å². The number of fused-ring (bicyclic) bond motifs is 1. The second-order valence-corrected chi connectivity index (χ2v) is 7.73. The van der Waals surface area contributed by atoms with Crippen LogP contribution in [0.2, 0.25) is 0 Å². The van der Waals surface area contributed by atoms with Gasteiger partial charge < -0.3 is 20.3 Å². The van der Waals surface area contributed by atoms with E-state index in [9.17, 15) is 4.39 Å². The first-order valence-electron chi connectivity index (χ1n) is 10.5. The number of hydrogen-bond acceptors (Lipinski definition) is 7. The van der Waals surface area contributed by atoms with Crippen LogP contribution in [-0.4, -0.2) is 60.4 Å². The third-order valence-electron chi connectivity index (χ3n) is 5.69. The Hall–Kier alpha value is -2.49. The number of piperidine rings is 1. The van der Waals surface area contributed by atoms with Crippen molar-refractivity contribution in [3.05, 3.63) is 42.5 Å². The van der Waals surface area contributed by atoms with E-state index in [4.69, 9.17) is 9.72 Å². The van der Waals surface area contributed by atoms with Gasteiger partial charge in [-0.2, -0.15) is 13.5 Å². The van der Waals surface area contributed by atoms with Crippen LogP contribution in [0.15, 0.2) is 36.7 Å². The van der Waals surface area contributed by atoms with Gasteiger partial charge in [-0.15, -0.1) is 0 Å². The maximum Gasteiger partial charge on any atom is 0.155 e. The molecule has 0 unspecified atom stereocenters. The number of halogens is 1. The zero-order valence-electron chi connectivity index (χ0n) is 17.3. The molecule has 0 amide bonds. The zero-order valence-corrected chi connectivity index (χ0v) is 18.3. The Kier molecular flexibility index (Phi) is 6.84. The minimum atomic E-state index is -0.249. The molecule has 2 fully saturated rings. The van der Waals surface area contributed by atoms with Crippen LogP contribution in [0.25, 0.3) is 22.3 Å². The smallest absolute Gasteiger partial charge is 0.155 e. The molecule has 2 aromatic heterocycles. The molecule has 0 aliphatic carbocycles. The van der Waals surface area contributed by atoms with E-state index < -0.39 is 0 Å². The summed E-state index contributed by atoms with van der Waals surface area (Å²) in [6.45, 7) is 4.57. The fourth-order valence-corrected chi connectivity index (χ4v) is 4.12. The number of ether oxygens (including phenoxy) is 1. The predicted octanol–water partition coefficient (Wildman–Crippen LogP) is 2.94. The SMILES string of the molecule is Fc1cc(-c2cc3nccnc3c(N[C@H]3CCCNC3)n2)ccc1N1CCOCC1.S. The summed E-state index contributed by atoms with van der Waals surface area (Å²) in [5.41, 5.74) is 3.49. The van der Waals surface area contributed by atoms with Crippen LogP contribution < -0.4 is 15.5 Å². The first-order chi connectivity index (χ1) is 14.8. The molecule has 0 bridgehead atoms. The molecule has 9 heteroatoms. The zero-order chi connectivity index (χ0) is 20.3. The lowest BCUT2D eigenvalue weighted by atomic mass is 10.1. The summed E-state index contributed by atoms with van der Waals surface area (Å²) in [6, 6.07) is 7.46. The molecule has 3 aromatic rings. The highest BCUT2D eigenvalue weighted by Crippen LogP contribution is 2.30. The number of nitrogens with zero attached hydrogens (tertiary/aromatic N) is 4. The van der Waals surface area contributed by atoms with Gasteiger partial charge in [-0.05, 0) is 37.6 Å². The van der Waals surface area contributed by atoms with Crippen molar-refractivity contribution in [2.45, 2.75) is 18.9 Å². The fourth-order valence-electron chi connectivity index (χ4n) is 4.12. The second kappa shape index (κ2) is 9.76. The van der Waals surface area contributed by atoms with E-state index >= 15 is 0 Å². The number of benzene rings is 1. The van der Waals surface area contributed by atoms with Crippen LogP contribution in [0.1, 0.15) is 12.8 Å². The van der Waals surface area contributed by atoms with Crippen LogP contribution in [0.3, 0.4) is 0 Å². The number of pyridine rings is 1. The molecule has 2 N–H and O–H groups in total. The highest BCUT2D eigenvalue weighted by atomic mass is 32.1. The van der Waals surface area contributed by atoms with Crippen LogP contribution in [0.5, 0.6) is 0 Å². The number of hydrogen-bond donors (Lipinski definition) is 2. The summed E-state index contributed by atoms with van der Waals surface area (Å²) in [4.78, 5) is 15.8. The number of rotatable bonds is 4. The van der Waals surface area contributed by atoms with Crippen molar-refractivity contribution in [1.82, 2.24) is 20.3 Å². The Morgan fingerprint density at radius 2 is 1.97 bits per heavy atom. The third kappa shape index (κ3) is 4.73. The molecule has 164 valence electrons. The molecular weight excluding hydrogens is 415 g/mol. The van der Waals surface area contributed by atoms with Gasteiger partial charge >= 0.3 is 0 Å². The quantitative estimate of drug-likeness (QED) is 0.643. The average molecular weight is 443 g/mol. The molecule has 0 spiro atoms. The van der Waals surface area contributed by atoms with Crippen molar-refractivity contribution in [3.63, 3.8) is 0 Å². The van der Waals surface area contributed by atoms with Crippen LogP contribution in [0, 0.1) is 5.82 Å². The van der Waals surface area contributed by atoms with Crippen molar-refractivity contribution in [2.24, 2.45) is 0 Å². The number of nitrogens with one attached hydrogen (secondary N) is 2. The van der Waals surface area contributed by atoms with Crippen LogP contribution in [-0.2, 0) is 4.74 Å². The molecule has 5 rings (SSSR count). The monoisotopic (exact) mass is 442 g/mol. The minimum absolute atomic E-state index is 0. The number of morpholine rings is 1. The van der Waals surface area contributed by atoms with Crippen LogP contribution >= 0.6 is 13.5 Å². The Labute approximate surface area is 187 Å². The lowest BCUT2D eigenvalue weighted by molar-refractivity contribution is 0.122. The minimum Gasteiger partial charge on any atom is -0.378 e. The fraction of sp³-hybridized carbons (Fsp3) is 0.409. The summed E-state index contributed by atoms with van der Waals surface area (Å²) in [6.07, 6.45) is 5.53. The molecule has 0 radical (unpaired) electrons. The molecule has 2 aliphatic heterocycles. The van der Waals surface area contributed by atoms with Gasteiger partial charge in [0.15, 0.2) is 5.82 Å². The van der Waals surface area contributed by atoms with Crippen LogP contribution in [0.4, 0.5) is 15.9 Å². The first-order valence-corrected chi connectivity index (χ1v) is 10.5. The molecule has 2 aliphatic rings. The Balaban J connectivity index is 0.00000231. The maximum absolute atomic E-state index is 14.9. The molecule has 1 aromatic carbocycles. The highest BCUT2D eigenvalue weighted by Gasteiger charge is 2.19. The van der Waals surface area contributed by atoms with E-state index in [1.807, 2.05) is 23.1 Å². The predicted molar refractivity (Wildman–Crippen MR) is 126 cm³/mol. The summed E-state index contributed by atoms with van der Waals surface area (Å²) in [5.74, 6) is 0.448. The molecule has 31 heavy (non-hydrogen) atoms. The molecule has 1 atom stereocenters. The Morgan fingerprint density at radius 3 is 2.74 bits per heavy atom. The number of anilines is 2. The van der Waals surface area contributed by atoms with E-state index in [2.05, 4.69) is 20.6 Å². The molecule has 4 heterocycles. The van der Waals surface area contributed by atoms with Gasteiger partial charge in [0.05, 0.1) is 30.1 Å².